The Morgan fingerprint density at radius 2 is 2.06 bits per heavy atom. The van der Waals surface area contributed by atoms with Crippen molar-refractivity contribution < 1.29 is 13.2 Å². The average Bonchev–Trinajstić information content (AvgIpc) is 2.20. The third-order valence-electron chi connectivity index (χ3n) is 1.89. The van der Waals surface area contributed by atoms with E-state index < -0.39 is 10.0 Å². The van der Waals surface area contributed by atoms with E-state index in [1.807, 2.05) is 0 Å². The topological polar surface area (TPSA) is 75.3 Å². The van der Waals surface area contributed by atoms with Crippen molar-refractivity contribution in [3.8, 4) is 0 Å². The van der Waals surface area contributed by atoms with Gasteiger partial charge in [-0.05, 0) is 25.1 Å². The third kappa shape index (κ3) is 4.83. The summed E-state index contributed by atoms with van der Waals surface area (Å²) in [7, 11) is -3.37. The first-order chi connectivity index (χ1) is 8.19. The maximum absolute atomic E-state index is 11.5. The van der Waals surface area contributed by atoms with Gasteiger partial charge in [0.1, 0.15) is 0 Å². The van der Waals surface area contributed by atoms with E-state index in [9.17, 15) is 13.2 Å². The number of halogens is 2. The van der Waals surface area contributed by atoms with E-state index >= 15 is 0 Å². The molecular weight excluding hydrogens is 344 g/mol. The van der Waals surface area contributed by atoms with Crippen LogP contribution >= 0.6 is 27.5 Å². The second kappa shape index (κ2) is 5.90. The zero-order chi connectivity index (χ0) is 13.9. The van der Waals surface area contributed by atoms with E-state index in [1.165, 1.54) is 18.2 Å². The number of hydrogen-bond donors (Lipinski definition) is 2. The quantitative estimate of drug-likeness (QED) is 0.815. The Morgan fingerprint density at radius 1 is 1.44 bits per heavy atom. The zero-order valence-electron chi connectivity index (χ0n) is 9.70. The molecular formula is C10H12BrClN2O3S. The highest BCUT2D eigenvalue weighted by molar-refractivity contribution is 9.10. The van der Waals surface area contributed by atoms with Crippen LogP contribution in [0.4, 0.5) is 11.4 Å². The molecule has 2 N–H and O–H groups in total. The first-order valence-electron chi connectivity index (χ1n) is 4.91. The van der Waals surface area contributed by atoms with E-state index in [2.05, 4.69) is 26.0 Å². The van der Waals surface area contributed by atoms with Crippen LogP contribution in [0.5, 0.6) is 0 Å². The summed E-state index contributed by atoms with van der Waals surface area (Å²) in [6.07, 6.45) is 1.04. The van der Waals surface area contributed by atoms with Gasteiger partial charge in [-0.3, -0.25) is 9.52 Å². The molecule has 0 saturated heterocycles. The van der Waals surface area contributed by atoms with Gasteiger partial charge in [0.05, 0.1) is 27.5 Å². The lowest BCUT2D eigenvalue weighted by Gasteiger charge is -2.11. The maximum Gasteiger partial charge on any atom is 0.237 e. The molecule has 1 rings (SSSR count). The Labute approximate surface area is 119 Å². The Hall–Kier alpha value is -0.790. The fraction of sp³-hybridized carbons (Fsp3) is 0.300. The first-order valence-corrected chi connectivity index (χ1v) is 8.10. The van der Waals surface area contributed by atoms with Gasteiger partial charge in [-0.15, -0.1) is 0 Å². The number of benzene rings is 1. The number of rotatable bonds is 4. The number of anilines is 2. The standard InChI is InChI=1S/C10H12BrClN2O3S/c1-6(11)10(15)13-9-5-7(3-4-8(9)12)14-18(2,16)17/h3-6,14H,1-2H3,(H,13,15). The van der Waals surface area contributed by atoms with Crippen molar-refractivity contribution in [1.82, 2.24) is 0 Å². The summed E-state index contributed by atoms with van der Waals surface area (Å²) in [5.41, 5.74) is 0.682. The lowest BCUT2D eigenvalue weighted by atomic mass is 10.2. The van der Waals surface area contributed by atoms with Gasteiger partial charge in [-0.1, -0.05) is 27.5 Å². The largest absolute Gasteiger partial charge is 0.324 e. The number of nitrogens with one attached hydrogen (secondary N) is 2. The lowest BCUT2D eigenvalue weighted by molar-refractivity contribution is -0.115. The molecule has 0 heterocycles. The van der Waals surface area contributed by atoms with Gasteiger partial charge < -0.3 is 5.32 Å². The second-order valence-electron chi connectivity index (χ2n) is 3.67. The molecule has 0 aliphatic carbocycles. The predicted molar refractivity (Wildman–Crippen MR) is 76.9 cm³/mol. The highest BCUT2D eigenvalue weighted by atomic mass is 79.9. The van der Waals surface area contributed by atoms with Crippen LogP contribution in [0.2, 0.25) is 5.02 Å². The van der Waals surface area contributed by atoms with Crippen LogP contribution in [0.25, 0.3) is 0 Å². The third-order valence-corrected chi connectivity index (χ3v) is 3.24. The van der Waals surface area contributed by atoms with E-state index in [0.29, 0.717) is 16.4 Å². The van der Waals surface area contributed by atoms with Crippen molar-refractivity contribution in [2.24, 2.45) is 0 Å². The average molecular weight is 356 g/mol. The van der Waals surface area contributed by atoms with Crippen molar-refractivity contribution in [1.29, 1.82) is 0 Å². The van der Waals surface area contributed by atoms with Gasteiger partial charge in [0, 0.05) is 0 Å². The number of carbonyl (C=O) groups is 1. The van der Waals surface area contributed by atoms with Gasteiger partial charge in [0.15, 0.2) is 0 Å². The molecule has 0 fully saturated rings. The van der Waals surface area contributed by atoms with Crippen molar-refractivity contribution in [3.05, 3.63) is 23.2 Å². The molecule has 1 unspecified atom stereocenters. The van der Waals surface area contributed by atoms with Gasteiger partial charge >= 0.3 is 0 Å². The van der Waals surface area contributed by atoms with Gasteiger partial charge in [0.25, 0.3) is 0 Å². The number of amides is 1. The van der Waals surface area contributed by atoms with Crippen LogP contribution < -0.4 is 10.0 Å². The van der Waals surface area contributed by atoms with Gasteiger partial charge in [0.2, 0.25) is 15.9 Å². The minimum Gasteiger partial charge on any atom is -0.324 e. The number of hydrogen-bond acceptors (Lipinski definition) is 3. The molecule has 1 atom stereocenters. The predicted octanol–water partition coefficient (Wildman–Crippen LogP) is 2.43. The molecule has 8 heteroatoms. The monoisotopic (exact) mass is 354 g/mol. The van der Waals surface area contributed by atoms with Crippen LogP contribution in [-0.4, -0.2) is 25.4 Å². The fourth-order valence-corrected chi connectivity index (χ4v) is 1.97. The normalized spacial score (nSPS) is 12.9. The molecule has 100 valence electrons. The molecule has 0 bridgehead atoms. The Bertz CT molecular complexity index is 560. The summed E-state index contributed by atoms with van der Waals surface area (Å²) in [6.45, 7) is 1.67. The molecule has 1 amide bonds. The lowest BCUT2D eigenvalue weighted by Crippen LogP contribution is -2.20. The van der Waals surface area contributed by atoms with Crippen molar-refractivity contribution >= 4 is 54.8 Å². The van der Waals surface area contributed by atoms with Crippen LogP contribution in [0.15, 0.2) is 18.2 Å². The van der Waals surface area contributed by atoms with E-state index in [0.717, 1.165) is 6.26 Å². The van der Waals surface area contributed by atoms with E-state index in [4.69, 9.17) is 11.6 Å². The van der Waals surface area contributed by atoms with Gasteiger partial charge in [-0.2, -0.15) is 0 Å². The van der Waals surface area contributed by atoms with Crippen LogP contribution in [-0.2, 0) is 14.8 Å². The summed E-state index contributed by atoms with van der Waals surface area (Å²) >= 11 is 9.03. The Kier molecular flexibility index (Phi) is 5.01. The molecule has 0 saturated carbocycles. The highest BCUT2D eigenvalue weighted by Gasteiger charge is 2.12. The smallest absolute Gasteiger partial charge is 0.237 e. The summed E-state index contributed by atoms with van der Waals surface area (Å²) in [5.74, 6) is -0.270. The molecule has 0 spiro atoms. The second-order valence-corrected chi connectivity index (χ2v) is 7.20. The SMILES string of the molecule is CC(Br)C(=O)Nc1cc(NS(C)(=O)=O)ccc1Cl. The van der Waals surface area contributed by atoms with Crippen molar-refractivity contribution in [2.75, 3.05) is 16.3 Å². The number of carbonyl (C=O) groups excluding carboxylic acids is 1. The van der Waals surface area contributed by atoms with E-state index in [-0.39, 0.29) is 10.7 Å². The Morgan fingerprint density at radius 3 is 2.56 bits per heavy atom. The fourth-order valence-electron chi connectivity index (χ4n) is 1.13. The van der Waals surface area contributed by atoms with Gasteiger partial charge in [-0.25, -0.2) is 8.42 Å². The molecule has 5 nitrogen and oxygen atoms in total. The highest BCUT2D eigenvalue weighted by Crippen LogP contribution is 2.26. The van der Waals surface area contributed by atoms with E-state index in [1.54, 1.807) is 6.92 Å². The number of sulfonamides is 1. The summed E-state index contributed by atoms with van der Waals surface area (Å²) in [6, 6.07) is 4.47. The van der Waals surface area contributed by atoms with Crippen molar-refractivity contribution in [2.45, 2.75) is 11.8 Å². The summed E-state index contributed by atoms with van der Waals surface area (Å²) in [4.78, 5) is 11.1. The Balaban J connectivity index is 2.98. The summed E-state index contributed by atoms with van der Waals surface area (Å²) < 4.78 is 24.5. The molecule has 1 aromatic carbocycles. The minimum absolute atomic E-state index is 0.270. The van der Waals surface area contributed by atoms with Crippen molar-refractivity contribution in [3.63, 3.8) is 0 Å². The molecule has 0 radical (unpaired) electrons. The molecule has 0 aliphatic rings. The molecule has 1 aromatic rings. The zero-order valence-corrected chi connectivity index (χ0v) is 12.9. The molecule has 0 aromatic heterocycles. The number of alkyl halides is 1. The summed E-state index contributed by atoms with van der Waals surface area (Å²) in [5, 5.41) is 2.91. The van der Waals surface area contributed by atoms with Crippen LogP contribution in [0.1, 0.15) is 6.92 Å². The van der Waals surface area contributed by atoms with Crippen LogP contribution in [0, 0.1) is 0 Å². The maximum atomic E-state index is 11.5. The van der Waals surface area contributed by atoms with Crippen LogP contribution in [0.3, 0.4) is 0 Å². The first kappa shape index (κ1) is 15.3. The molecule has 18 heavy (non-hydrogen) atoms. The molecule has 0 aliphatic heterocycles. The minimum atomic E-state index is -3.37.